The van der Waals surface area contributed by atoms with Crippen molar-refractivity contribution in [3.05, 3.63) is 53.1 Å². The molecule has 0 saturated heterocycles. The van der Waals surface area contributed by atoms with E-state index in [2.05, 4.69) is 0 Å². The number of likely N-dealkylation sites (N-methyl/N-ethyl adjacent to an activating group) is 1. The molecule has 0 radical (unpaired) electrons. The normalized spacial score (nSPS) is 17.4. The molecule has 3 nitrogen and oxygen atoms in total. The van der Waals surface area contributed by atoms with Crippen LogP contribution in [0.3, 0.4) is 0 Å². The highest BCUT2D eigenvalue weighted by Gasteiger charge is 2.32. The molecule has 0 aliphatic carbocycles. The van der Waals surface area contributed by atoms with Crippen LogP contribution >= 0.6 is 23.4 Å². The number of fused-ring (bicyclic) bond motifs is 1. The number of nitrogens with two attached hydrogens (primary N) is 1. The predicted molar refractivity (Wildman–Crippen MR) is 82.4 cm³/mol. The van der Waals surface area contributed by atoms with Crippen LogP contribution in [0.2, 0.25) is 5.02 Å². The molecule has 20 heavy (non-hydrogen) atoms. The van der Waals surface area contributed by atoms with Crippen LogP contribution in [0.25, 0.3) is 0 Å². The summed E-state index contributed by atoms with van der Waals surface area (Å²) in [6.45, 7) is 0. The summed E-state index contributed by atoms with van der Waals surface area (Å²) in [4.78, 5) is 15.6. The second kappa shape index (κ2) is 5.13. The van der Waals surface area contributed by atoms with Gasteiger partial charge in [-0.1, -0.05) is 29.4 Å². The van der Waals surface area contributed by atoms with Crippen molar-refractivity contribution in [3.8, 4) is 0 Å². The molecule has 1 aliphatic heterocycles. The Kier molecular flexibility index (Phi) is 3.46. The number of nitrogens with zero attached hydrogens (tertiary/aromatic N) is 1. The van der Waals surface area contributed by atoms with Crippen LogP contribution < -0.4 is 10.6 Å². The van der Waals surface area contributed by atoms with Gasteiger partial charge >= 0.3 is 0 Å². The lowest BCUT2D eigenvalue weighted by Gasteiger charge is -2.11. The minimum absolute atomic E-state index is 0.0614. The van der Waals surface area contributed by atoms with Crippen molar-refractivity contribution in [1.82, 2.24) is 0 Å². The van der Waals surface area contributed by atoms with Crippen LogP contribution in [0.5, 0.6) is 0 Å². The van der Waals surface area contributed by atoms with Gasteiger partial charge in [-0.05, 0) is 36.4 Å². The van der Waals surface area contributed by atoms with E-state index >= 15 is 0 Å². The highest BCUT2D eigenvalue weighted by molar-refractivity contribution is 7.99. The molecule has 1 amide bonds. The first kappa shape index (κ1) is 13.5. The molecule has 1 aliphatic rings. The number of halogens is 1. The second-order valence-electron chi connectivity index (χ2n) is 4.65. The van der Waals surface area contributed by atoms with Gasteiger partial charge < -0.3 is 10.6 Å². The van der Waals surface area contributed by atoms with E-state index in [1.807, 2.05) is 42.5 Å². The van der Waals surface area contributed by atoms with Gasteiger partial charge in [0.2, 0.25) is 5.91 Å². The van der Waals surface area contributed by atoms with Crippen LogP contribution in [0, 0.1) is 0 Å². The molecule has 1 unspecified atom stereocenters. The molecule has 1 heterocycles. The maximum Gasteiger partial charge on any atom is 0.248 e. The molecule has 2 N–H and O–H groups in total. The van der Waals surface area contributed by atoms with E-state index in [-0.39, 0.29) is 5.91 Å². The van der Waals surface area contributed by atoms with Gasteiger partial charge in [-0.3, -0.25) is 4.79 Å². The number of amides is 1. The van der Waals surface area contributed by atoms with Gasteiger partial charge in [-0.25, -0.2) is 0 Å². The summed E-state index contributed by atoms with van der Waals surface area (Å²) in [5.41, 5.74) is 7.66. The quantitative estimate of drug-likeness (QED) is 0.924. The monoisotopic (exact) mass is 304 g/mol. The van der Waals surface area contributed by atoms with Crippen molar-refractivity contribution in [2.45, 2.75) is 15.8 Å². The number of benzene rings is 2. The largest absolute Gasteiger partial charge is 0.316 e. The first-order valence-corrected chi connectivity index (χ1v) is 7.36. The van der Waals surface area contributed by atoms with E-state index in [9.17, 15) is 4.79 Å². The van der Waals surface area contributed by atoms with Gasteiger partial charge in [0.25, 0.3) is 0 Å². The molecule has 0 aromatic heterocycles. The van der Waals surface area contributed by atoms with Crippen molar-refractivity contribution in [3.63, 3.8) is 0 Å². The van der Waals surface area contributed by atoms with Crippen LogP contribution in [-0.4, -0.2) is 13.0 Å². The van der Waals surface area contributed by atoms with E-state index in [0.29, 0.717) is 0 Å². The van der Waals surface area contributed by atoms with Crippen molar-refractivity contribution in [2.75, 3.05) is 11.9 Å². The zero-order valence-electron chi connectivity index (χ0n) is 10.8. The molecule has 3 rings (SSSR count). The molecule has 0 saturated carbocycles. The molecule has 2 aromatic rings. The summed E-state index contributed by atoms with van der Waals surface area (Å²) in [6, 6.07) is 13.1. The summed E-state index contributed by atoms with van der Waals surface area (Å²) in [6.07, 6.45) is 0. The zero-order valence-corrected chi connectivity index (χ0v) is 12.4. The molecule has 0 fully saturated rings. The van der Waals surface area contributed by atoms with E-state index in [0.717, 1.165) is 26.1 Å². The standard InChI is InChI=1S/C15H13ClN2OS/c1-18-13-8-11(6-7-12(13)14(17)15(18)19)20-10-4-2-9(16)3-5-10/h2-8,14H,17H2,1H3. The van der Waals surface area contributed by atoms with Gasteiger partial charge in [0.15, 0.2) is 0 Å². The highest BCUT2D eigenvalue weighted by Crippen LogP contribution is 2.38. The summed E-state index contributed by atoms with van der Waals surface area (Å²) < 4.78 is 0. The third-order valence-corrected chi connectivity index (χ3v) is 4.59. The fourth-order valence-corrected chi connectivity index (χ4v) is 3.22. The summed E-state index contributed by atoms with van der Waals surface area (Å²) >= 11 is 7.50. The summed E-state index contributed by atoms with van der Waals surface area (Å²) in [5, 5.41) is 0.722. The Bertz CT molecular complexity index is 672. The van der Waals surface area contributed by atoms with Gasteiger partial charge in [-0.2, -0.15) is 0 Å². The summed E-state index contributed by atoms with van der Waals surface area (Å²) in [7, 11) is 1.75. The van der Waals surface area contributed by atoms with Gasteiger partial charge in [0.1, 0.15) is 6.04 Å². The highest BCUT2D eigenvalue weighted by atomic mass is 35.5. The maximum atomic E-state index is 11.8. The second-order valence-corrected chi connectivity index (χ2v) is 6.23. The Morgan fingerprint density at radius 3 is 2.50 bits per heavy atom. The fourth-order valence-electron chi connectivity index (χ4n) is 2.24. The SMILES string of the molecule is CN1C(=O)C(N)c2ccc(Sc3ccc(Cl)cc3)cc21. The number of carbonyl (C=O) groups is 1. The van der Waals surface area contributed by atoms with Crippen LogP contribution in [0.1, 0.15) is 11.6 Å². The topological polar surface area (TPSA) is 46.3 Å². The fraction of sp³-hybridized carbons (Fsp3) is 0.133. The third kappa shape index (κ3) is 2.30. The van der Waals surface area contributed by atoms with E-state index in [4.69, 9.17) is 17.3 Å². The average molecular weight is 305 g/mol. The van der Waals surface area contributed by atoms with Gasteiger partial charge in [0, 0.05) is 33.1 Å². The van der Waals surface area contributed by atoms with Crippen LogP contribution in [0.4, 0.5) is 5.69 Å². The van der Waals surface area contributed by atoms with Crippen LogP contribution in [-0.2, 0) is 4.79 Å². The lowest BCUT2D eigenvalue weighted by molar-refractivity contribution is -0.118. The lowest BCUT2D eigenvalue weighted by Crippen LogP contribution is -2.27. The molecular formula is C15H13ClN2OS. The van der Waals surface area contributed by atoms with E-state index < -0.39 is 6.04 Å². The Morgan fingerprint density at radius 2 is 1.80 bits per heavy atom. The van der Waals surface area contributed by atoms with Crippen molar-refractivity contribution >= 4 is 35.0 Å². The molecule has 1 atom stereocenters. The van der Waals surface area contributed by atoms with E-state index in [1.54, 1.807) is 23.7 Å². The van der Waals surface area contributed by atoms with Crippen molar-refractivity contribution < 1.29 is 4.79 Å². The Hall–Kier alpha value is -1.49. The minimum Gasteiger partial charge on any atom is -0.316 e. The van der Waals surface area contributed by atoms with Gasteiger partial charge in [-0.15, -0.1) is 0 Å². The molecule has 5 heteroatoms. The number of carbonyl (C=O) groups excluding carboxylic acids is 1. The lowest BCUT2D eigenvalue weighted by atomic mass is 10.1. The van der Waals surface area contributed by atoms with Crippen LogP contribution in [0.15, 0.2) is 52.3 Å². The average Bonchev–Trinajstić information content (AvgIpc) is 2.66. The van der Waals surface area contributed by atoms with Gasteiger partial charge in [0.05, 0.1) is 0 Å². The van der Waals surface area contributed by atoms with Crippen molar-refractivity contribution in [1.29, 1.82) is 0 Å². The zero-order chi connectivity index (χ0) is 14.3. The molecule has 102 valence electrons. The van der Waals surface area contributed by atoms with E-state index in [1.165, 1.54) is 0 Å². The predicted octanol–water partition coefficient (Wildman–Crippen LogP) is 3.47. The number of anilines is 1. The first-order chi connectivity index (χ1) is 9.56. The smallest absolute Gasteiger partial charge is 0.248 e. The Labute approximate surface area is 126 Å². The van der Waals surface area contributed by atoms with Crippen molar-refractivity contribution in [2.24, 2.45) is 5.73 Å². The number of hydrogen-bond acceptors (Lipinski definition) is 3. The Balaban J connectivity index is 1.90. The Morgan fingerprint density at radius 1 is 1.15 bits per heavy atom. The first-order valence-electron chi connectivity index (χ1n) is 6.17. The summed E-state index contributed by atoms with van der Waals surface area (Å²) in [5.74, 6) is -0.0614. The molecule has 0 bridgehead atoms. The number of rotatable bonds is 2. The third-order valence-electron chi connectivity index (χ3n) is 3.34. The molecular weight excluding hydrogens is 292 g/mol. The molecule has 2 aromatic carbocycles. The minimum atomic E-state index is -0.537. The maximum absolute atomic E-state index is 11.8. The molecule has 0 spiro atoms. The number of hydrogen-bond donors (Lipinski definition) is 1.